The van der Waals surface area contributed by atoms with Crippen LogP contribution < -0.4 is 15.0 Å². The molecule has 1 N–H and O–H groups in total. The van der Waals surface area contributed by atoms with Crippen LogP contribution in [0.4, 0.5) is 17.1 Å². The topological polar surface area (TPSA) is 51.5 Å². The van der Waals surface area contributed by atoms with E-state index in [1.54, 1.807) is 7.11 Å². The second kappa shape index (κ2) is 8.08. The first-order chi connectivity index (χ1) is 14.8. The lowest BCUT2D eigenvalue weighted by molar-refractivity contribution is 0.122. The smallest absolute Gasteiger partial charge is 0.142 e. The molecule has 1 aliphatic rings. The van der Waals surface area contributed by atoms with Crippen LogP contribution in [-0.4, -0.2) is 43.0 Å². The summed E-state index contributed by atoms with van der Waals surface area (Å²) in [4.78, 5) is 6.95. The van der Waals surface area contributed by atoms with Crippen LogP contribution >= 0.6 is 0 Å². The molecule has 1 saturated heterocycles. The zero-order chi connectivity index (χ0) is 20.3. The third-order valence-corrected chi connectivity index (χ3v) is 5.42. The van der Waals surface area contributed by atoms with Gasteiger partial charge in [-0.2, -0.15) is 0 Å². The van der Waals surface area contributed by atoms with Gasteiger partial charge in [-0.3, -0.25) is 4.57 Å². The van der Waals surface area contributed by atoms with Crippen molar-refractivity contribution in [1.82, 2.24) is 9.55 Å². The Kier molecular flexibility index (Phi) is 4.99. The molecule has 0 aliphatic carbocycles. The van der Waals surface area contributed by atoms with Gasteiger partial charge in [0.15, 0.2) is 0 Å². The molecule has 0 saturated carbocycles. The molecule has 1 aliphatic heterocycles. The average molecular weight is 400 g/mol. The first-order valence-electron chi connectivity index (χ1n) is 10.1. The van der Waals surface area contributed by atoms with Crippen molar-refractivity contribution in [2.24, 2.45) is 0 Å². The Bertz CT molecular complexity index is 1150. The van der Waals surface area contributed by atoms with Crippen molar-refractivity contribution in [3.63, 3.8) is 0 Å². The number of aromatic nitrogens is 2. The number of methoxy groups -OCH3 is 1. The van der Waals surface area contributed by atoms with E-state index in [0.717, 1.165) is 60.1 Å². The molecule has 6 nitrogen and oxygen atoms in total. The third-order valence-electron chi connectivity index (χ3n) is 5.42. The molecule has 0 radical (unpaired) electrons. The minimum atomic E-state index is 0.793. The van der Waals surface area contributed by atoms with Crippen LogP contribution in [0.25, 0.3) is 16.7 Å². The maximum atomic E-state index is 5.50. The molecular formula is C24H24N4O2. The van der Waals surface area contributed by atoms with Gasteiger partial charge in [-0.15, -0.1) is 0 Å². The fraction of sp³-hybridized carbons (Fsp3) is 0.208. The molecular weight excluding hydrogens is 376 g/mol. The molecule has 0 spiro atoms. The minimum Gasteiger partial charge on any atom is -0.495 e. The Morgan fingerprint density at radius 2 is 1.70 bits per heavy atom. The van der Waals surface area contributed by atoms with Crippen LogP contribution in [-0.2, 0) is 4.74 Å². The summed E-state index contributed by atoms with van der Waals surface area (Å²) >= 11 is 0. The second-order valence-corrected chi connectivity index (χ2v) is 7.26. The maximum Gasteiger partial charge on any atom is 0.142 e. The highest BCUT2D eigenvalue weighted by Crippen LogP contribution is 2.28. The summed E-state index contributed by atoms with van der Waals surface area (Å²) < 4.78 is 13.0. The number of para-hydroxylation sites is 2. The van der Waals surface area contributed by atoms with Gasteiger partial charge in [-0.05, 0) is 54.6 Å². The van der Waals surface area contributed by atoms with Crippen molar-refractivity contribution < 1.29 is 9.47 Å². The van der Waals surface area contributed by atoms with E-state index >= 15 is 0 Å². The normalized spacial score (nSPS) is 14.1. The van der Waals surface area contributed by atoms with E-state index in [2.05, 4.69) is 62.2 Å². The van der Waals surface area contributed by atoms with E-state index in [-0.39, 0.29) is 0 Å². The molecule has 1 fully saturated rings. The fourth-order valence-electron chi connectivity index (χ4n) is 3.86. The predicted molar refractivity (Wildman–Crippen MR) is 120 cm³/mol. The van der Waals surface area contributed by atoms with Gasteiger partial charge in [0.2, 0.25) is 0 Å². The summed E-state index contributed by atoms with van der Waals surface area (Å²) in [6.45, 7) is 3.47. The van der Waals surface area contributed by atoms with E-state index in [1.165, 1.54) is 5.69 Å². The van der Waals surface area contributed by atoms with E-state index in [9.17, 15) is 0 Å². The number of benzene rings is 3. The number of hydrogen-bond acceptors (Lipinski definition) is 5. The van der Waals surface area contributed by atoms with Gasteiger partial charge in [0.25, 0.3) is 0 Å². The third kappa shape index (κ3) is 3.57. The fourth-order valence-corrected chi connectivity index (χ4v) is 3.86. The van der Waals surface area contributed by atoms with Crippen LogP contribution in [0.5, 0.6) is 5.75 Å². The lowest BCUT2D eigenvalue weighted by Gasteiger charge is -2.28. The SMILES string of the molecule is COc1ccccc1-n1cnc2cc(Nc3ccc(N4CCOCC4)cc3)ccc21. The molecule has 1 aromatic heterocycles. The largest absolute Gasteiger partial charge is 0.495 e. The Balaban J connectivity index is 1.37. The minimum absolute atomic E-state index is 0.793. The predicted octanol–water partition coefficient (Wildman–Crippen LogP) is 4.61. The van der Waals surface area contributed by atoms with E-state index in [0.29, 0.717) is 0 Å². The van der Waals surface area contributed by atoms with Crippen molar-refractivity contribution in [3.8, 4) is 11.4 Å². The van der Waals surface area contributed by atoms with Crippen LogP contribution in [0.3, 0.4) is 0 Å². The molecule has 152 valence electrons. The molecule has 0 unspecified atom stereocenters. The lowest BCUT2D eigenvalue weighted by atomic mass is 10.2. The summed E-state index contributed by atoms with van der Waals surface area (Å²) in [5.41, 5.74) is 6.22. The first-order valence-corrected chi connectivity index (χ1v) is 10.1. The number of rotatable bonds is 5. The Morgan fingerprint density at radius 3 is 2.50 bits per heavy atom. The summed E-state index contributed by atoms with van der Waals surface area (Å²) in [5, 5.41) is 3.48. The molecule has 5 rings (SSSR count). The van der Waals surface area contributed by atoms with E-state index < -0.39 is 0 Å². The number of nitrogens with one attached hydrogen (secondary N) is 1. The zero-order valence-corrected chi connectivity index (χ0v) is 16.9. The van der Waals surface area contributed by atoms with Crippen LogP contribution in [0.15, 0.2) is 73.1 Å². The van der Waals surface area contributed by atoms with Crippen molar-refractivity contribution in [1.29, 1.82) is 0 Å². The van der Waals surface area contributed by atoms with E-state index in [4.69, 9.17) is 9.47 Å². The average Bonchev–Trinajstić information content (AvgIpc) is 3.23. The highest BCUT2D eigenvalue weighted by atomic mass is 16.5. The van der Waals surface area contributed by atoms with Gasteiger partial charge >= 0.3 is 0 Å². The standard InChI is InChI=1S/C24H24N4O2/c1-29-24-5-3-2-4-23(24)28-17-25-21-16-19(8-11-22(21)28)26-18-6-9-20(10-7-18)27-12-14-30-15-13-27/h2-11,16-17,26H,12-15H2,1H3. The number of anilines is 3. The summed E-state index contributed by atoms with van der Waals surface area (Å²) in [5.74, 6) is 0.819. The summed E-state index contributed by atoms with van der Waals surface area (Å²) in [6, 6.07) is 22.7. The highest BCUT2D eigenvalue weighted by Gasteiger charge is 2.12. The quantitative estimate of drug-likeness (QED) is 0.530. The summed E-state index contributed by atoms with van der Waals surface area (Å²) in [7, 11) is 1.68. The van der Waals surface area contributed by atoms with Gasteiger partial charge < -0.3 is 19.7 Å². The van der Waals surface area contributed by atoms with Gasteiger partial charge in [0.1, 0.15) is 12.1 Å². The monoisotopic (exact) mass is 400 g/mol. The maximum absolute atomic E-state index is 5.50. The van der Waals surface area contributed by atoms with E-state index in [1.807, 2.05) is 30.6 Å². The second-order valence-electron chi connectivity index (χ2n) is 7.26. The molecule has 30 heavy (non-hydrogen) atoms. The van der Waals surface area contributed by atoms with Crippen molar-refractivity contribution >= 4 is 28.1 Å². The first kappa shape index (κ1) is 18.5. The molecule has 0 bridgehead atoms. The molecule has 6 heteroatoms. The van der Waals surface area contributed by atoms with Crippen LogP contribution in [0.2, 0.25) is 0 Å². The van der Waals surface area contributed by atoms with Crippen LogP contribution in [0.1, 0.15) is 0 Å². The Labute approximate surface area is 175 Å². The Hall–Kier alpha value is -3.51. The summed E-state index contributed by atoms with van der Waals surface area (Å²) in [6.07, 6.45) is 1.84. The van der Waals surface area contributed by atoms with Crippen molar-refractivity contribution in [3.05, 3.63) is 73.1 Å². The van der Waals surface area contributed by atoms with Gasteiger partial charge in [0, 0.05) is 30.2 Å². The Morgan fingerprint density at radius 1 is 0.933 bits per heavy atom. The molecule has 4 aromatic rings. The molecule has 0 atom stereocenters. The van der Waals surface area contributed by atoms with Crippen LogP contribution in [0, 0.1) is 0 Å². The van der Waals surface area contributed by atoms with Gasteiger partial charge in [-0.1, -0.05) is 12.1 Å². The molecule has 2 heterocycles. The van der Waals surface area contributed by atoms with Crippen molar-refractivity contribution in [2.75, 3.05) is 43.6 Å². The van der Waals surface area contributed by atoms with Gasteiger partial charge in [-0.25, -0.2) is 4.98 Å². The van der Waals surface area contributed by atoms with Crippen molar-refractivity contribution in [2.45, 2.75) is 0 Å². The van der Waals surface area contributed by atoms with Gasteiger partial charge in [0.05, 0.1) is 37.0 Å². The number of nitrogens with zero attached hydrogens (tertiary/aromatic N) is 3. The lowest BCUT2D eigenvalue weighted by Crippen LogP contribution is -2.36. The molecule has 0 amide bonds. The highest BCUT2D eigenvalue weighted by molar-refractivity contribution is 5.83. The number of hydrogen-bond donors (Lipinski definition) is 1. The number of fused-ring (bicyclic) bond motifs is 1. The number of imidazole rings is 1. The number of ether oxygens (including phenoxy) is 2. The molecule has 3 aromatic carbocycles. The zero-order valence-electron chi connectivity index (χ0n) is 16.9. The number of morpholine rings is 1.